The van der Waals surface area contributed by atoms with Crippen molar-refractivity contribution in [3.63, 3.8) is 0 Å². The molecule has 1 aliphatic heterocycles. The van der Waals surface area contributed by atoms with E-state index in [-0.39, 0.29) is 0 Å². The SMILES string of the molecule is CCc1cccc(C)c1N=C1NN=C(c2cc(C)n(-c3ncn[nH]3)c2C)CS1. The van der Waals surface area contributed by atoms with Gasteiger partial charge in [-0.15, -0.1) is 0 Å². The molecule has 0 unspecified atom stereocenters. The molecule has 0 bridgehead atoms. The Labute approximate surface area is 168 Å². The van der Waals surface area contributed by atoms with Gasteiger partial charge in [-0.3, -0.25) is 9.99 Å². The van der Waals surface area contributed by atoms with Gasteiger partial charge >= 0.3 is 0 Å². The number of benzene rings is 1. The number of hydrogen-bond donors (Lipinski definition) is 2. The molecule has 1 aliphatic rings. The van der Waals surface area contributed by atoms with Crippen LogP contribution in [-0.2, 0) is 6.42 Å². The number of aliphatic imine (C=N–C) groups is 1. The number of hydrazone groups is 1. The highest BCUT2D eigenvalue weighted by Gasteiger charge is 2.20. The van der Waals surface area contributed by atoms with E-state index in [2.05, 4.69) is 82.2 Å². The summed E-state index contributed by atoms with van der Waals surface area (Å²) in [5.41, 5.74) is 10.9. The van der Waals surface area contributed by atoms with Crippen LogP contribution in [0.25, 0.3) is 5.95 Å². The highest BCUT2D eigenvalue weighted by atomic mass is 32.2. The number of thioether (sulfide) groups is 1. The number of aromatic amines is 1. The molecular formula is C20H23N7S. The average molecular weight is 394 g/mol. The summed E-state index contributed by atoms with van der Waals surface area (Å²) in [7, 11) is 0. The van der Waals surface area contributed by atoms with Gasteiger partial charge in [-0.05, 0) is 44.4 Å². The fourth-order valence-corrected chi connectivity index (χ4v) is 4.23. The number of hydrogen-bond acceptors (Lipinski definition) is 5. The number of aromatic nitrogens is 4. The molecule has 1 aromatic carbocycles. The minimum atomic E-state index is 0.715. The second-order valence-corrected chi connectivity index (χ2v) is 7.71. The molecule has 8 heteroatoms. The molecule has 0 spiro atoms. The van der Waals surface area contributed by atoms with Gasteiger partial charge in [0.05, 0.1) is 11.4 Å². The lowest BCUT2D eigenvalue weighted by atomic mass is 10.1. The third kappa shape index (κ3) is 3.35. The lowest BCUT2D eigenvalue weighted by Gasteiger charge is -2.16. The first-order chi connectivity index (χ1) is 13.6. The van der Waals surface area contributed by atoms with Crippen molar-refractivity contribution in [3.05, 3.63) is 58.7 Å². The third-order valence-corrected chi connectivity index (χ3v) is 5.78. The summed E-state index contributed by atoms with van der Waals surface area (Å²) in [6.45, 7) is 8.38. The van der Waals surface area contributed by atoms with E-state index in [1.165, 1.54) is 17.5 Å². The largest absolute Gasteiger partial charge is 0.287 e. The molecule has 0 fully saturated rings. The van der Waals surface area contributed by atoms with Crippen molar-refractivity contribution >= 4 is 28.3 Å². The van der Waals surface area contributed by atoms with Crippen LogP contribution in [0.15, 0.2) is 40.7 Å². The molecule has 3 aromatic rings. The van der Waals surface area contributed by atoms with E-state index in [0.717, 1.165) is 45.7 Å². The second kappa shape index (κ2) is 7.63. The summed E-state index contributed by atoms with van der Waals surface area (Å²) in [5.74, 6) is 1.48. The average Bonchev–Trinajstić information content (AvgIpc) is 3.31. The maximum Gasteiger partial charge on any atom is 0.229 e. The molecular weight excluding hydrogens is 370 g/mol. The Hall–Kier alpha value is -2.87. The number of nitrogens with zero attached hydrogens (tertiary/aromatic N) is 5. The molecule has 0 atom stereocenters. The summed E-state index contributed by atoms with van der Waals surface area (Å²) < 4.78 is 2.06. The number of rotatable bonds is 4. The summed E-state index contributed by atoms with van der Waals surface area (Å²) in [5, 5.41) is 12.3. The van der Waals surface area contributed by atoms with Crippen LogP contribution in [0.2, 0.25) is 0 Å². The Morgan fingerprint density at radius 3 is 2.79 bits per heavy atom. The topological polar surface area (TPSA) is 83.2 Å². The summed E-state index contributed by atoms with van der Waals surface area (Å²) >= 11 is 1.67. The molecule has 3 heterocycles. The molecule has 144 valence electrons. The van der Waals surface area contributed by atoms with E-state index in [9.17, 15) is 0 Å². The molecule has 0 saturated heterocycles. The molecule has 2 N–H and O–H groups in total. The van der Waals surface area contributed by atoms with Gasteiger partial charge in [0.15, 0.2) is 5.17 Å². The standard InChI is InChI=1S/C20H23N7S/c1-5-15-8-6-7-12(2)18(15)23-20-26-24-17(10-28-20)16-9-13(3)27(14(16)4)19-21-11-22-25-19/h6-9,11H,5,10H2,1-4H3,(H,23,26)(H,21,22,25). The van der Waals surface area contributed by atoms with Crippen molar-refractivity contribution in [1.82, 2.24) is 25.2 Å². The quantitative estimate of drug-likeness (QED) is 0.706. The molecule has 0 aliphatic carbocycles. The lowest BCUT2D eigenvalue weighted by Crippen LogP contribution is -2.25. The van der Waals surface area contributed by atoms with Crippen molar-refractivity contribution in [1.29, 1.82) is 0 Å². The number of aryl methyl sites for hydroxylation is 3. The highest BCUT2D eigenvalue weighted by Crippen LogP contribution is 2.27. The van der Waals surface area contributed by atoms with Crippen molar-refractivity contribution < 1.29 is 0 Å². The Balaban J connectivity index is 1.62. The molecule has 28 heavy (non-hydrogen) atoms. The monoisotopic (exact) mass is 393 g/mol. The van der Waals surface area contributed by atoms with E-state index in [1.807, 2.05) is 0 Å². The van der Waals surface area contributed by atoms with Crippen LogP contribution in [-0.4, -0.2) is 36.4 Å². The van der Waals surface area contributed by atoms with Gasteiger partial charge in [-0.2, -0.15) is 15.2 Å². The Morgan fingerprint density at radius 1 is 1.25 bits per heavy atom. The minimum absolute atomic E-state index is 0.715. The van der Waals surface area contributed by atoms with Crippen molar-refractivity contribution in [3.8, 4) is 5.95 Å². The zero-order valence-corrected chi connectivity index (χ0v) is 17.3. The van der Waals surface area contributed by atoms with E-state index >= 15 is 0 Å². The van der Waals surface area contributed by atoms with Crippen LogP contribution in [0.4, 0.5) is 5.69 Å². The highest BCUT2D eigenvalue weighted by molar-refractivity contribution is 8.14. The van der Waals surface area contributed by atoms with Crippen LogP contribution in [0.1, 0.15) is 35.0 Å². The van der Waals surface area contributed by atoms with Crippen molar-refractivity contribution in [2.45, 2.75) is 34.1 Å². The molecule has 4 rings (SSSR count). The third-order valence-electron chi connectivity index (χ3n) is 4.90. The first kappa shape index (κ1) is 18.5. The van der Waals surface area contributed by atoms with Crippen LogP contribution in [0.3, 0.4) is 0 Å². The molecule has 0 radical (unpaired) electrons. The predicted octanol–water partition coefficient (Wildman–Crippen LogP) is 3.81. The zero-order valence-electron chi connectivity index (χ0n) is 16.4. The second-order valence-electron chi connectivity index (χ2n) is 6.74. The Bertz CT molecular complexity index is 1060. The molecule has 2 aromatic heterocycles. The normalized spacial score (nSPS) is 15.6. The van der Waals surface area contributed by atoms with Crippen LogP contribution in [0.5, 0.6) is 0 Å². The van der Waals surface area contributed by atoms with Crippen LogP contribution >= 0.6 is 11.8 Å². The van der Waals surface area contributed by atoms with E-state index in [1.54, 1.807) is 11.8 Å². The fourth-order valence-electron chi connectivity index (χ4n) is 3.47. The van der Waals surface area contributed by atoms with Gasteiger partial charge in [0.25, 0.3) is 0 Å². The van der Waals surface area contributed by atoms with E-state index in [0.29, 0.717) is 5.95 Å². The van der Waals surface area contributed by atoms with Gasteiger partial charge < -0.3 is 0 Å². The maximum atomic E-state index is 4.84. The number of para-hydroxylation sites is 1. The van der Waals surface area contributed by atoms with E-state index < -0.39 is 0 Å². The lowest BCUT2D eigenvalue weighted by molar-refractivity contribution is 0.877. The summed E-state index contributed by atoms with van der Waals surface area (Å²) in [4.78, 5) is 9.10. The fraction of sp³-hybridized carbons (Fsp3) is 0.300. The van der Waals surface area contributed by atoms with Crippen molar-refractivity contribution in [2.24, 2.45) is 10.1 Å². The summed E-state index contributed by atoms with van der Waals surface area (Å²) in [6, 6.07) is 8.45. The van der Waals surface area contributed by atoms with Gasteiger partial charge in [-0.1, -0.05) is 36.9 Å². The van der Waals surface area contributed by atoms with Crippen LogP contribution < -0.4 is 5.43 Å². The van der Waals surface area contributed by atoms with Gasteiger partial charge in [-0.25, -0.2) is 10.1 Å². The smallest absolute Gasteiger partial charge is 0.229 e. The van der Waals surface area contributed by atoms with Gasteiger partial charge in [0, 0.05) is 22.7 Å². The van der Waals surface area contributed by atoms with Gasteiger partial charge in [0.2, 0.25) is 5.95 Å². The van der Waals surface area contributed by atoms with Gasteiger partial charge in [0.1, 0.15) is 6.33 Å². The molecule has 0 amide bonds. The first-order valence-corrected chi connectivity index (χ1v) is 10.2. The molecule has 7 nitrogen and oxygen atoms in total. The molecule has 0 saturated carbocycles. The number of H-pyrrole nitrogens is 1. The Kier molecular flexibility index (Phi) is 5.04. The predicted molar refractivity (Wildman–Crippen MR) is 115 cm³/mol. The van der Waals surface area contributed by atoms with Crippen molar-refractivity contribution in [2.75, 3.05) is 5.75 Å². The van der Waals surface area contributed by atoms with Crippen LogP contribution in [0, 0.1) is 20.8 Å². The van der Waals surface area contributed by atoms with E-state index in [4.69, 9.17) is 4.99 Å². The Morgan fingerprint density at radius 2 is 2.11 bits per heavy atom. The maximum absolute atomic E-state index is 4.84. The number of nitrogens with one attached hydrogen (secondary N) is 2. The first-order valence-electron chi connectivity index (χ1n) is 9.26. The summed E-state index contributed by atoms with van der Waals surface area (Å²) in [6.07, 6.45) is 2.48. The number of amidine groups is 1. The minimum Gasteiger partial charge on any atom is -0.287 e. The zero-order chi connectivity index (χ0) is 19.7.